The molecule has 0 spiro atoms. The van der Waals surface area contributed by atoms with E-state index in [0.717, 1.165) is 4.68 Å². The van der Waals surface area contributed by atoms with Crippen molar-refractivity contribution >= 4 is 29.2 Å². The lowest BCUT2D eigenvalue weighted by molar-refractivity contribution is -0.137. The van der Waals surface area contributed by atoms with Gasteiger partial charge in [-0.25, -0.2) is 9.78 Å². The number of hydrogen-bond acceptors (Lipinski definition) is 4. The van der Waals surface area contributed by atoms with Crippen molar-refractivity contribution in [2.24, 2.45) is 0 Å². The second-order valence-electron chi connectivity index (χ2n) is 4.57. The van der Waals surface area contributed by atoms with E-state index in [0.29, 0.717) is 18.0 Å². The maximum Gasteiger partial charge on any atom is 0.417 e. The van der Waals surface area contributed by atoms with Gasteiger partial charge in [0.15, 0.2) is 0 Å². The predicted molar refractivity (Wildman–Crippen MR) is 80.8 cm³/mol. The second kappa shape index (κ2) is 7.27. The van der Waals surface area contributed by atoms with Gasteiger partial charge < -0.3 is 10.1 Å². The molecule has 11 heteroatoms. The minimum absolute atomic E-state index is 0.0392. The molecule has 6 nitrogen and oxygen atoms in total. The van der Waals surface area contributed by atoms with Crippen LogP contribution in [0.5, 0.6) is 11.8 Å². The maximum absolute atomic E-state index is 12.6. The Balaban J connectivity index is 2.19. The fourth-order valence-electron chi connectivity index (χ4n) is 1.69. The van der Waals surface area contributed by atoms with E-state index in [2.05, 4.69) is 15.4 Å². The highest BCUT2D eigenvalue weighted by atomic mass is 35.5. The lowest BCUT2D eigenvalue weighted by atomic mass is 10.3. The molecule has 0 aliphatic carbocycles. The lowest BCUT2D eigenvalue weighted by Crippen LogP contribution is -2.31. The van der Waals surface area contributed by atoms with Crippen LogP contribution < -0.4 is 10.1 Å². The van der Waals surface area contributed by atoms with Crippen molar-refractivity contribution in [1.82, 2.24) is 20.1 Å². The van der Waals surface area contributed by atoms with Crippen LogP contribution in [0.15, 0.2) is 18.3 Å². The number of halogens is 5. The number of carbonyl (C=O) groups excluding carboxylic acids is 1. The average molecular weight is 383 g/mol. The predicted octanol–water partition coefficient (Wildman–Crippen LogP) is 3.85. The Bertz CT molecular complexity index is 749. The molecule has 0 radical (unpaired) electrons. The Morgan fingerprint density at radius 1 is 1.42 bits per heavy atom. The molecule has 0 saturated heterocycles. The summed E-state index contributed by atoms with van der Waals surface area (Å²) in [5.41, 5.74) is -0.554. The Morgan fingerprint density at radius 3 is 2.71 bits per heavy atom. The van der Waals surface area contributed by atoms with Crippen LogP contribution in [-0.2, 0) is 6.18 Å². The number of nitrogens with zero attached hydrogens (tertiary/aromatic N) is 3. The highest BCUT2D eigenvalue weighted by molar-refractivity contribution is 6.31. The molecule has 1 N–H and O–H groups in total. The third kappa shape index (κ3) is 4.30. The smallest absolute Gasteiger partial charge is 0.417 e. The summed E-state index contributed by atoms with van der Waals surface area (Å²) in [6.07, 6.45) is -3.97. The van der Waals surface area contributed by atoms with Crippen LogP contribution in [0.25, 0.3) is 0 Å². The molecule has 2 heterocycles. The van der Waals surface area contributed by atoms with Crippen LogP contribution >= 0.6 is 23.2 Å². The normalized spacial score (nSPS) is 11.4. The fourth-order valence-corrected chi connectivity index (χ4v) is 1.98. The van der Waals surface area contributed by atoms with Crippen molar-refractivity contribution in [2.45, 2.75) is 13.1 Å². The SMILES string of the molecule is Cc1cc(Oc2ncc(C(F)(F)F)cc2Cl)nn1C(=O)NCCCl. The van der Waals surface area contributed by atoms with Gasteiger partial charge in [0.2, 0.25) is 11.8 Å². The third-order valence-electron chi connectivity index (χ3n) is 2.76. The van der Waals surface area contributed by atoms with E-state index in [1.165, 1.54) is 6.07 Å². The van der Waals surface area contributed by atoms with E-state index in [1.807, 2.05) is 0 Å². The molecule has 0 saturated carbocycles. The average Bonchev–Trinajstić information content (AvgIpc) is 2.86. The van der Waals surface area contributed by atoms with Gasteiger partial charge in [0.1, 0.15) is 5.02 Å². The van der Waals surface area contributed by atoms with Gasteiger partial charge in [0.05, 0.1) is 11.3 Å². The molecular weight excluding hydrogens is 372 g/mol. The number of aromatic nitrogens is 3. The molecule has 0 unspecified atom stereocenters. The van der Waals surface area contributed by atoms with Crippen molar-refractivity contribution in [1.29, 1.82) is 0 Å². The van der Waals surface area contributed by atoms with E-state index >= 15 is 0 Å². The van der Waals surface area contributed by atoms with Crippen LogP contribution in [0.4, 0.5) is 18.0 Å². The first-order valence-electron chi connectivity index (χ1n) is 6.54. The lowest BCUT2D eigenvalue weighted by Gasteiger charge is -2.08. The van der Waals surface area contributed by atoms with Crippen LogP contribution in [-0.4, -0.2) is 33.2 Å². The number of ether oxygens (including phenoxy) is 1. The Kier molecular flexibility index (Phi) is 5.55. The van der Waals surface area contributed by atoms with E-state index in [1.54, 1.807) is 6.92 Å². The van der Waals surface area contributed by atoms with Gasteiger partial charge in [0, 0.05) is 24.7 Å². The van der Waals surface area contributed by atoms with Gasteiger partial charge in [0.25, 0.3) is 0 Å². The summed E-state index contributed by atoms with van der Waals surface area (Å²) in [4.78, 5) is 15.4. The molecule has 0 atom stereocenters. The van der Waals surface area contributed by atoms with Gasteiger partial charge in [-0.2, -0.15) is 17.9 Å². The monoisotopic (exact) mass is 382 g/mol. The molecule has 0 aromatic carbocycles. The quantitative estimate of drug-likeness (QED) is 0.815. The number of amides is 1. The van der Waals surface area contributed by atoms with Gasteiger partial charge in [-0.15, -0.1) is 16.7 Å². The number of rotatable bonds is 4. The Labute approximate surface area is 144 Å². The van der Waals surface area contributed by atoms with Crippen LogP contribution in [0.3, 0.4) is 0 Å². The highest BCUT2D eigenvalue weighted by Crippen LogP contribution is 2.34. The molecule has 2 rings (SSSR count). The van der Waals surface area contributed by atoms with Gasteiger partial charge in [-0.3, -0.25) is 0 Å². The van der Waals surface area contributed by atoms with Gasteiger partial charge in [-0.05, 0) is 13.0 Å². The van der Waals surface area contributed by atoms with E-state index in [9.17, 15) is 18.0 Å². The summed E-state index contributed by atoms with van der Waals surface area (Å²) in [6, 6.07) is 1.59. The fraction of sp³-hybridized carbons (Fsp3) is 0.308. The summed E-state index contributed by atoms with van der Waals surface area (Å²) in [6.45, 7) is 1.85. The molecular formula is C13H11Cl2F3N4O2. The van der Waals surface area contributed by atoms with Crippen LogP contribution in [0, 0.1) is 6.92 Å². The number of hydrogen-bond donors (Lipinski definition) is 1. The van der Waals surface area contributed by atoms with Gasteiger partial charge >= 0.3 is 12.2 Å². The topological polar surface area (TPSA) is 69.0 Å². The van der Waals surface area contributed by atoms with Crippen molar-refractivity contribution in [3.05, 3.63) is 34.6 Å². The highest BCUT2D eigenvalue weighted by Gasteiger charge is 2.32. The molecule has 0 aliphatic rings. The number of aryl methyl sites for hydroxylation is 1. The summed E-state index contributed by atoms with van der Waals surface area (Å²) < 4.78 is 44.0. The van der Waals surface area contributed by atoms with Gasteiger partial charge in [-0.1, -0.05) is 11.6 Å². The summed E-state index contributed by atoms with van der Waals surface area (Å²) >= 11 is 11.2. The minimum atomic E-state index is -4.56. The molecule has 130 valence electrons. The van der Waals surface area contributed by atoms with Crippen molar-refractivity contribution in [3.63, 3.8) is 0 Å². The molecule has 2 aromatic heterocycles. The number of alkyl halides is 4. The van der Waals surface area contributed by atoms with E-state index in [-0.39, 0.29) is 29.2 Å². The van der Waals surface area contributed by atoms with Crippen molar-refractivity contribution in [3.8, 4) is 11.8 Å². The molecule has 2 aromatic rings. The summed E-state index contributed by atoms with van der Waals surface area (Å²) in [7, 11) is 0. The molecule has 24 heavy (non-hydrogen) atoms. The summed E-state index contributed by atoms with van der Waals surface area (Å²) in [5, 5.41) is 6.07. The Morgan fingerprint density at radius 2 is 2.12 bits per heavy atom. The van der Waals surface area contributed by atoms with Crippen molar-refractivity contribution in [2.75, 3.05) is 12.4 Å². The maximum atomic E-state index is 12.6. The first-order chi connectivity index (χ1) is 11.2. The zero-order valence-corrected chi connectivity index (χ0v) is 13.7. The van der Waals surface area contributed by atoms with Crippen molar-refractivity contribution < 1.29 is 22.7 Å². The van der Waals surface area contributed by atoms with Crippen LogP contribution in [0.2, 0.25) is 5.02 Å². The standard InChI is InChI=1S/C13H11Cl2F3N4O2/c1-7-4-10(21-22(7)12(23)19-3-2-14)24-11-9(15)5-8(6-20-11)13(16,17)18/h4-6H,2-3H2,1H3,(H,19,23). The van der Waals surface area contributed by atoms with E-state index in [4.69, 9.17) is 27.9 Å². The zero-order valence-electron chi connectivity index (χ0n) is 12.2. The first kappa shape index (κ1) is 18.3. The Hall–Kier alpha value is -2.00. The number of carbonyl (C=O) groups is 1. The molecule has 0 fully saturated rings. The second-order valence-corrected chi connectivity index (χ2v) is 5.35. The summed E-state index contributed by atoms with van der Waals surface area (Å²) in [5.74, 6) is -0.0568. The molecule has 0 bridgehead atoms. The van der Waals surface area contributed by atoms with E-state index < -0.39 is 17.8 Å². The van der Waals surface area contributed by atoms with Crippen LogP contribution in [0.1, 0.15) is 11.3 Å². The zero-order chi connectivity index (χ0) is 17.9. The molecule has 0 aliphatic heterocycles. The minimum Gasteiger partial charge on any atom is -0.417 e. The number of pyridine rings is 1. The molecule has 1 amide bonds. The first-order valence-corrected chi connectivity index (χ1v) is 7.45. The largest absolute Gasteiger partial charge is 0.417 e. The third-order valence-corrected chi connectivity index (χ3v) is 3.22. The number of nitrogens with one attached hydrogen (secondary N) is 1.